The van der Waals surface area contributed by atoms with Gasteiger partial charge in [-0.2, -0.15) is 15.2 Å². The number of fused-ring (bicyclic) bond motifs is 2. The Labute approximate surface area is 274 Å². The van der Waals surface area contributed by atoms with Crippen molar-refractivity contribution in [2.45, 2.75) is 69.8 Å². The zero-order valence-corrected chi connectivity index (χ0v) is 27.3. The number of nitrogen functional groups attached to an aromatic ring is 1. The maximum absolute atomic E-state index is 17.2. The van der Waals surface area contributed by atoms with Gasteiger partial charge in [0.15, 0.2) is 5.82 Å². The highest BCUT2D eigenvalue weighted by molar-refractivity contribution is 7.23. The molecule has 4 aliphatic rings. The van der Waals surface area contributed by atoms with Crippen LogP contribution < -0.4 is 20.1 Å². The molecular weight excluding hydrogens is 629 g/mol. The van der Waals surface area contributed by atoms with E-state index in [9.17, 15) is 9.65 Å². The molecule has 13 heteroatoms. The lowest BCUT2D eigenvalue weighted by atomic mass is 9.92. The zero-order chi connectivity index (χ0) is 32.8. The van der Waals surface area contributed by atoms with Gasteiger partial charge in [0.25, 0.3) is 0 Å². The second-order valence-corrected chi connectivity index (χ2v) is 14.8. The molecule has 47 heavy (non-hydrogen) atoms. The number of thiophene rings is 1. The van der Waals surface area contributed by atoms with Crippen molar-refractivity contribution in [3.05, 3.63) is 34.9 Å². The van der Waals surface area contributed by atoms with Crippen LogP contribution in [0, 0.1) is 29.9 Å². The summed E-state index contributed by atoms with van der Waals surface area (Å²) < 4.78 is 65.7. The van der Waals surface area contributed by atoms with Crippen LogP contribution in [0.25, 0.3) is 32.1 Å². The Balaban J connectivity index is 1.34. The summed E-state index contributed by atoms with van der Waals surface area (Å²) in [5.74, 6) is -0.324. The van der Waals surface area contributed by atoms with E-state index in [0.29, 0.717) is 54.2 Å². The number of nitriles is 1. The summed E-state index contributed by atoms with van der Waals surface area (Å²) in [6.45, 7) is 8.40. The molecule has 0 spiro atoms. The Morgan fingerprint density at radius 1 is 1.19 bits per heavy atom. The summed E-state index contributed by atoms with van der Waals surface area (Å²) in [7, 11) is 0. The number of alkyl halides is 1. The van der Waals surface area contributed by atoms with Crippen molar-refractivity contribution in [3.8, 4) is 29.0 Å². The van der Waals surface area contributed by atoms with Crippen LogP contribution in [0.3, 0.4) is 0 Å². The first-order chi connectivity index (χ1) is 22.5. The summed E-state index contributed by atoms with van der Waals surface area (Å²) in [6.07, 6.45) is 1.92. The highest BCUT2D eigenvalue weighted by Gasteiger charge is 2.49. The Kier molecular flexibility index (Phi) is 7.02. The van der Waals surface area contributed by atoms with Gasteiger partial charge in [-0.05, 0) is 58.2 Å². The number of halogens is 3. The van der Waals surface area contributed by atoms with Crippen LogP contribution in [0.1, 0.15) is 50.7 Å². The number of nitrogens with zero attached hydrogens (tertiary/aromatic N) is 5. The molecule has 0 amide bonds. The Morgan fingerprint density at radius 2 is 2.02 bits per heavy atom. The molecule has 3 saturated heterocycles. The normalized spacial score (nSPS) is 25.3. The molecule has 1 unspecified atom stereocenters. The third-order valence-electron chi connectivity index (χ3n) is 10.4. The lowest BCUT2D eigenvalue weighted by molar-refractivity contribution is 0.0360. The van der Waals surface area contributed by atoms with E-state index in [-0.39, 0.29) is 62.6 Å². The van der Waals surface area contributed by atoms with Gasteiger partial charge in [0, 0.05) is 29.5 Å². The van der Waals surface area contributed by atoms with Gasteiger partial charge in [-0.15, -0.1) is 11.3 Å². The lowest BCUT2D eigenvalue weighted by Gasteiger charge is -2.31. The van der Waals surface area contributed by atoms with E-state index in [1.807, 2.05) is 13.8 Å². The van der Waals surface area contributed by atoms with Crippen molar-refractivity contribution in [1.29, 1.82) is 5.26 Å². The maximum Gasteiger partial charge on any atom is 0.319 e. The van der Waals surface area contributed by atoms with E-state index < -0.39 is 23.3 Å². The number of hydrogen-bond donors (Lipinski definition) is 1. The number of aromatic nitrogens is 2. The molecule has 0 saturated carbocycles. The number of anilines is 2. The molecule has 6 heterocycles. The highest BCUT2D eigenvalue weighted by atomic mass is 32.1. The molecule has 3 atom stereocenters. The fourth-order valence-electron chi connectivity index (χ4n) is 8.22. The molecule has 4 aromatic rings. The molecule has 0 radical (unpaired) electrons. The molecule has 246 valence electrons. The highest BCUT2D eigenvalue weighted by Crippen LogP contribution is 2.49. The third-order valence-corrected chi connectivity index (χ3v) is 11.4. The molecule has 0 bridgehead atoms. The van der Waals surface area contributed by atoms with Gasteiger partial charge in [-0.1, -0.05) is 6.07 Å². The number of ether oxygens (including phenoxy) is 3. The Bertz CT molecular complexity index is 2000. The average molecular weight is 665 g/mol. The first kappa shape index (κ1) is 30.5. The third kappa shape index (κ3) is 4.70. The zero-order valence-electron chi connectivity index (χ0n) is 26.5. The summed E-state index contributed by atoms with van der Waals surface area (Å²) in [5, 5.41) is 10.8. The summed E-state index contributed by atoms with van der Waals surface area (Å²) >= 11 is 0.955. The largest absolute Gasteiger partial charge is 0.491 e. The minimum Gasteiger partial charge on any atom is -0.491 e. The number of rotatable bonds is 5. The van der Waals surface area contributed by atoms with Crippen molar-refractivity contribution in [2.75, 3.05) is 50.1 Å². The molecule has 4 aliphatic heterocycles. The predicted molar refractivity (Wildman–Crippen MR) is 174 cm³/mol. The summed E-state index contributed by atoms with van der Waals surface area (Å²) in [5.41, 5.74) is 6.34. The van der Waals surface area contributed by atoms with E-state index in [4.69, 9.17) is 24.9 Å². The topological polar surface area (TPSA) is 110 Å². The van der Waals surface area contributed by atoms with Crippen molar-refractivity contribution < 1.29 is 27.4 Å². The van der Waals surface area contributed by atoms with Crippen molar-refractivity contribution >= 4 is 43.1 Å². The van der Waals surface area contributed by atoms with Crippen LogP contribution >= 0.6 is 11.3 Å². The van der Waals surface area contributed by atoms with E-state index in [2.05, 4.69) is 20.9 Å². The van der Waals surface area contributed by atoms with Gasteiger partial charge in [-0.3, -0.25) is 4.90 Å². The second-order valence-electron chi connectivity index (χ2n) is 13.8. The quantitative estimate of drug-likeness (QED) is 0.264. The second kappa shape index (κ2) is 10.8. The van der Waals surface area contributed by atoms with Gasteiger partial charge >= 0.3 is 6.01 Å². The lowest BCUT2D eigenvalue weighted by Crippen LogP contribution is -2.43. The fraction of sp³-hybridized carbons (Fsp3) is 0.500. The van der Waals surface area contributed by atoms with Gasteiger partial charge in [-0.25, -0.2) is 13.2 Å². The van der Waals surface area contributed by atoms with Crippen molar-refractivity contribution in [1.82, 2.24) is 14.9 Å². The van der Waals surface area contributed by atoms with Crippen molar-refractivity contribution in [3.63, 3.8) is 0 Å². The summed E-state index contributed by atoms with van der Waals surface area (Å²) in [4.78, 5) is 13.8. The standard InChI is InChI=1S/C34H35F3N6O3S/c1-17-23(20-5-6-22(36)29-24(20)21(13-38)30(39)47-29)26(37)27-25-28(17)44-10-9-43(19-12-33(2,3)46-15-19)31(25)41-32(40-27)45-16-34-7-4-8-42(34)14-18(35)11-34/h5-6,18-19H,4,7-12,14-16,39H2,1-3H3/t18-,19?,34+/m1/s1. The molecule has 2 aromatic carbocycles. The van der Waals surface area contributed by atoms with E-state index in [1.54, 1.807) is 6.92 Å². The molecule has 0 aliphatic carbocycles. The van der Waals surface area contributed by atoms with Crippen LogP contribution in [-0.4, -0.2) is 77.7 Å². The van der Waals surface area contributed by atoms with Crippen LogP contribution in [0.15, 0.2) is 12.1 Å². The molecular formula is C34H35F3N6O3S. The van der Waals surface area contributed by atoms with Crippen LogP contribution in [0.4, 0.5) is 24.0 Å². The monoisotopic (exact) mass is 664 g/mol. The van der Waals surface area contributed by atoms with Gasteiger partial charge < -0.3 is 24.8 Å². The molecule has 2 aromatic heterocycles. The van der Waals surface area contributed by atoms with E-state index in [1.165, 1.54) is 12.1 Å². The maximum atomic E-state index is 17.2. The van der Waals surface area contributed by atoms with Gasteiger partial charge in [0.1, 0.15) is 53.4 Å². The predicted octanol–water partition coefficient (Wildman–Crippen LogP) is 6.27. The smallest absolute Gasteiger partial charge is 0.319 e. The van der Waals surface area contributed by atoms with Crippen LogP contribution in [0.2, 0.25) is 0 Å². The SMILES string of the molecule is Cc1c(-c2ccc(F)c3sc(N)c(C#N)c23)c(F)c2nc(OC[C@@]34CCCN3C[C@H](F)C4)nc3c2c1OCCN3C1COC(C)(C)C1. The molecule has 2 N–H and O–H groups in total. The van der Waals surface area contributed by atoms with Gasteiger partial charge in [0.05, 0.1) is 46.0 Å². The van der Waals surface area contributed by atoms with Crippen LogP contribution in [-0.2, 0) is 4.74 Å². The average Bonchev–Trinajstić information content (AvgIpc) is 3.73. The first-order valence-electron chi connectivity index (χ1n) is 16.0. The first-order valence-corrected chi connectivity index (χ1v) is 16.8. The Hall–Kier alpha value is -3.86. The fourth-order valence-corrected chi connectivity index (χ4v) is 9.17. The van der Waals surface area contributed by atoms with E-state index >= 15 is 8.78 Å². The van der Waals surface area contributed by atoms with E-state index in [0.717, 1.165) is 37.1 Å². The number of benzene rings is 2. The number of nitrogens with two attached hydrogens (primary N) is 1. The van der Waals surface area contributed by atoms with Crippen molar-refractivity contribution in [2.24, 2.45) is 0 Å². The minimum absolute atomic E-state index is 0.0116. The minimum atomic E-state index is -0.929. The molecule has 3 fully saturated rings. The Morgan fingerprint density at radius 3 is 2.79 bits per heavy atom. The molecule has 9 nitrogen and oxygen atoms in total. The van der Waals surface area contributed by atoms with Crippen LogP contribution in [0.5, 0.6) is 11.8 Å². The number of hydrogen-bond acceptors (Lipinski definition) is 10. The molecule has 8 rings (SSSR count). The summed E-state index contributed by atoms with van der Waals surface area (Å²) in [6, 6.07) is 4.74. The van der Waals surface area contributed by atoms with Gasteiger partial charge in [0.2, 0.25) is 0 Å².